The Morgan fingerprint density at radius 3 is 2.52 bits per heavy atom. The number of carbonyl (C=O) groups is 1. The lowest BCUT2D eigenvalue weighted by Crippen LogP contribution is -2.25. The van der Waals surface area contributed by atoms with Crippen molar-refractivity contribution >= 4 is 28.2 Å². The average molecular weight is 324 g/mol. The van der Waals surface area contributed by atoms with Crippen LogP contribution in [0.2, 0.25) is 0 Å². The normalized spacial score (nSPS) is 11.5. The van der Waals surface area contributed by atoms with Gasteiger partial charge in [-0.05, 0) is 20.3 Å². The number of aromatic nitrogens is 1. The Kier molecular flexibility index (Phi) is 6.25. The fourth-order valence-corrected chi connectivity index (χ4v) is 2.71. The quantitative estimate of drug-likeness (QED) is 0.757. The summed E-state index contributed by atoms with van der Waals surface area (Å²) in [6, 6.07) is 0. The third-order valence-corrected chi connectivity index (χ3v) is 3.94. The highest BCUT2D eigenvalue weighted by Gasteiger charge is 2.26. The lowest BCUT2D eigenvalue weighted by atomic mass is 10.3. The maximum atomic E-state index is 12.0. The molecular weight excluding hydrogens is 305 g/mol. The van der Waals surface area contributed by atoms with E-state index in [1.807, 2.05) is 18.7 Å². The molecule has 5 nitrogen and oxygen atoms in total. The van der Waals surface area contributed by atoms with Crippen LogP contribution in [0.25, 0.3) is 0 Å². The van der Waals surface area contributed by atoms with Crippen LogP contribution in [-0.2, 0) is 0 Å². The standard InChI is InChI=1S/C12H19F3N4OS/c1-3-19(4-2)11-18-9(16)8(21-11)10(20)17-7-5-6-12(13,14)15/h3-7,16H2,1-2H3,(H,17,20). The molecule has 0 fully saturated rings. The molecule has 3 N–H and O–H groups in total. The molecule has 21 heavy (non-hydrogen) atoms. The van der Waals surface area contributed by atoms with Crippen LogP contribution in [0.15, 0.2) is 0 Å². The van der Waals surface area contributed by atoms with E-state index in [0.29, 0.717) is 5.13 Å². The number of hydrogen-bond acceptors (Lipinski definition) is 5. The highest BCUT2D eigenvalue weighted by Crippen LogP contribution is 2.28. The summed E-state index contributed by atoms with van der Waals surface area (Å²) < 4.78 is 36.0. The van der Waals surface area contributed by atoms with Gasteiger partial charge < -0.3 is 16.0 Å². The maximum absolute atomic E-state index is 12.0. The van der Waals surface area contributed by atoms with Crippen LogP contribution in [0.1, 0.15) is 36.4 Å². The Labute approximate surface area is 125 Å². The van der Waals surface area contributed by atoms with Crippen molar-refractivity contribution in [2.75, 3.05) is 30.3 Å². The number of alkyl halides is 3. The van der Waals surface area contributed by atoms with Gasteiger partial charge in [-0.15, -0.1) is 0 Å². The molecule has 120 valence electrons. The smallest absolute Gasteiger partial charge is 0.382 e. The van der Waals surface area contributed by atoms with Gasteiger partial charge >= 0.3 is 6.18 Å². The van der Waals surface area contributed by atoms with Crippen LogP contribution in [0, 0.1) is 0 Å². The molecule has 0 aliphatic heterocycles. The lowest BCUT2D eigenvalue weighted by Gasteiger charge is -2.16. The van der Waals surface area contributed by atoms with Gasteiger partial charge in [0.25, 0.3) is 5.91 Å². The molecule has 1 amide bonds. The Balaban J connectivity index is 2.58. The van der Waals surface area contributed by atoms with Gasteiger partial charge in [-0.25, -0.2) is 4.98 Å². The first-order valence-corrected chi connectivity index (χ1v) is 7.46. The van der Waals surface area contributed by atoms with E-state index in [1.54, 1.807) is 0 Å². The first kappa shape index (κ1) is 17.5. The average Bonchev–Trinajstić information content (AvgIpc) is 2.77. The molecule has 0 saturated carbocycles. The summed E-state index contributed by atoms with van der Waals surface area (Å²) in [7, 11) is 0. The molecule has 9 heteroatoms. The topological polar surface area (TPSA) is 71.2 Å². The van der Waals surface area contributed by atoms with Crippen molar-refractivity contribution < 1.29 is 18.0 Å². The molecule has 0 unspecified atom stereocenters. The summed E-state index contributed by atoms with van der Waals surface area (Å²) in [6.07, 6.45) is -5.28. The van der Waals surface area contributed by atoms with Gasteiger partial charge in [0.05, 0.1) is 0 Å². The Morgan fingerprint density at radius 1 is 1.38 bits per heavy atom. The Morgan fingerprint density at radius 2 is 2.00 bits per heavy atom. The molecule has 0 aromatic carbocycles. The van der Waals surface area contributed by atoms with Crippen molar-refractivity contribution in [3.05, 3.63) is 4.88 Å². The van der Waals surface area contributed by atoms with Crippen molar-refractivity contribution in [3.8, 4) is 0 Å². The number of halogens is 3. The zero-order valence-electron chi connectivity index (χ0n) is 12.0. The van der Waals surface area contributed by atoms with Crippen molar-refractivity contribution in [1.82, 2.24) is 10.3 Å². The van der Waals surface area contributed by atoms with Crippen molar-refractivity contribution in [2.24, 2.45) is 0 Å². The highest BCUT2D eigenvalue weighted by atomic mass is 32.1. The van der Waals surface area contributed by atoms with Crippen molar-refractivity contribution in [2.45, 2.75) is 32.9 Å². The number of carbonyl (C=O) groups excluding carboxylic acids is 1. The SMILES string of the molecule is CCN(CC)c1nc(N)c(C(=O)NCCCC(F)(F)F)s1. The summed E-state index contributed by atoms with van der Waals surface area (Å²) in [4.78, 5) is 18.2. The van der Waals surface area contributed by atoms with Gasteiger partial charge in [0.2, 0.25) is 0 Å². The number of nitrogens with one attached hydrogen (secondary N) is 1. The minimum absolute atomic E-state index is 0.0454. The number of nitrogens with zero attached hydrogens (tertiary/aromatic N) is 2. The van der Waals surface area contributed by atoms with Crippen LogP contribution in [0.3, 0.4) is 0 Å². The zero-order chi connectivity index (χ0) is 16.0. The van der Waals surface area contributed by atoms with Gasteiger partial charge in [-0.2, -0.15) is 13.2 Å². The second-order valence-electron chi connectivity index (χ2n) is 4.36. The number of amides is 1. The second-order valence-corrected chi connectivity index (χ2v) is 5.34. The lowest BCUT2D eigenvalue weighted by molar-refractivity contribution is -0.135. The second kappa shape index (κ2) is 7.48. The predicted octanol–water partition coefficient (Wildman–Crippen LogP) is 2.64. The fraction of sp³-hybridized carbons (Fsp3) is 0.667. The van der Waals surface area contributed by atoms with E-state index in [-0.39, 0.29) is 23.7 Å². The van der Waals surface area contributed by atoms with Crippen LogP contribution in [-0.4, -0.2) is 36.7 Å². The minimum atomic E-state index is -4.20. The van der Waals surface area contributed by atoms with Gasteiger partial charge in [-0.3, -0.25) is 4.79 Å². The number of thiazole rings is 1. The molecular formula is C12H19F3N4OS. The molecule has 0 saturated heterocycles. The summed E-state index contributed by atoms with van der Waals surface area (Å²) in [5.41, 5.74) is 5.69. The van der Waals surface area contributed by atoms with E-state index in [9.17, 15) is 18.0 Å². The van der Waals surface area contributed by atoms with E-state index >= 15 is 0 Å². The highest BCUT2D eigenvalue weighted by molar-refractivity contribution is 7.18. The van der Waals surface area contributed by atoms with E-state index in [4.69, 9.17) is 5.73 Å². The summed E-state index contributed by atoms with van der Waals surface area (Å²) in [5, 5.41) is 3.07. The number of hydrogen-bond donors (Lipinski definition) is 2. The largest absolute Gasteiger partial charge is 0.389 e. The first-order valence-electron chi connectivity index (χ1n) is 6.64. The Bertz CT molecular complexity index is 472. The van der Waals surface area contributed by atoms with Crippen molar-refractivity contribution in [1.29, 1.82) is 0 Å². The van der Waals surface area contributed by atoms with Crippen molar-refractivity contribution in [3.63, 3.8) is 0 Å². The van der Waals surface area contributed by atoms with Gasteiger partial charge in [-0.1, -0.05) is 11.3 Å². The number of anilines is 2. The number of nitrogen functional groups attached to an aromatic ring is 1. The zero-order valence-corrected chi connectivity index (χ0v) is 12.8. The maximum Gasteiger partial charge on any atom is 0.389 e. The van der Waals surface area contributed by atoms with Crippen LogP contribution < -0.4 is 16.0 Å². The number of rotatable bonds is 7. The molecule has 1 aromatic heterocycles. The van der Waals surface area contributed by atoms with Gasteiger partial charge in [0, 0.05) is 26.1 Å². The van der Waals surface area contributed by atoms with Crippen LogP contribution in [0.5, 0.6) is 0 Å². The summed E-state index contributed by atoms with van der Waals surface area (Å²) in [6.45, 7) is 5.33. The molecule has 0 bridgehead atoms. The van der Waals surface area contributed by atoms with Crippen LogP contribution >= 0.6 is 11.3 Å². The number of nitrogens with two attached hydrogens (primary N) is 1. The molecule has 0 aliphatic rings. The van der Waals surface area contributed by atoms with E-state index in [0.717, 1.165) is 24.4 Å². The van der Waals surface area contributed by atoms with E-state index in [2.05, 4.69) is 10.3 Å². The summed E-state index contributed by atoms with van der Waals surface area (Å²) in [5.74, 6) is -0.374. The molecule has 1 heterocycles. The third kappa shape index (κ3) is 5.41. The van der Waals surface area contributed by atoms with Gasteiger partial charge in [0.1, 0.15) is 10.7 Å². The molecule has 0 aliphatic carbocycles. The molecule has 0 spiro atoms. The minimum Gasteiger partial charge on any atom is -0.382 e. The fourth-order valence-electron chi connectivity index (χ4n) is 1.68. The third-order valence-electron chi connectivity index (χ3n) is 2.80. The monoisotopic (exact) mass is 324 g/mol. The molecule has 0 radical (unpaired) electrons. The summed E-state index contributed by atoms with van der Waals surface area (Å²) >= 11 is 1.14. The van der Waals surface area contributed by atoms with E-state index in [1.165, 1.54) is 0 Å². The van der Waals surface area contributed by atoms with E-state index < -0.39 is 18.5 Å². The van der Waals surface area contributed by atoms with Gasteiger partial charge in [0.15, 0.2) is 5.13 Å². The first-order chi connectivity index (χ1) is 9.78. The molecule has 1 rings (SSSR count). The predicted molar refractivity (Wildman–Crippen MR) is 77.7 cm³/mol. The molecule has 1 aromatic rings. The van der Waals surface area contributed by atoms with Crippen LogP contribution in [0.4, 0.5) is 24.1 Å². The molecule has 0 atom stereocenters. The Hall–Kier alpha value is -1.51.